The molecule has 1 heterocycles. The lowest BCUT2D eigenvalue weighted by Gasteiger charge is -2.06. The van der Waals surface area contributed by atoms with Gasteiger partial charge in [-0.25, -0.2) is 4.98 Å². The first kappa shape index (κ1) is 12.6. The first-order chi connectivity index (χ1) is 8.65. The fourth-order valence-corrected chi connectivity index (χ4v) is 2.05. The van der Waals surface area contributed by atoms with Crippen LogP contribution in [0.4, 0.5) is 0 Å². The second-order valence-electron chi connectivity index (χ2n) is 4.32. The number of imidazole rings is 1. The zero-order valence-corrected chi connectivity index (χ0v) is 10.9. The van der Waals surface area contributed by atoms with E-state index in [1.807, 2.05) is 26.0 Å². The smallest absolute Gasteiger partial charge is 0.121 e. The summed E-state index contributed by atoms with van der Waals surface area (Å²) in [5.74, 6) is 1.70. The Bertz CT molecular complexity index is 547. The summed E-state index contributed by atoms with van der Waals surface area (Å²) in [5, 5.41) is 8.93. The molecule has 0 aliphatic rings. The zero-order chi connectivity index (χ0) is 13.1. The average Bonchev–Trinajstić information content (AvgIpc) is 2.71. The number of hydrogen-bond acceptors (Lipinski definition) is 3. The van der Waals surface area contributed by atoms with Crippen LogP contribution < -0.4 is 4.74 Å². The number of aromatic nitrogens is 2. The number of hydrogen-bond donors (Lipinski definition) is 2. The predicted octanol–water partition coefficient (Wildman–Crippen LogP) is 2.24. The third kappa shape index (κ3) is 2.38. The van der Waals surface area contributed by atoms with Crippen LogP contribution in [0.2, 0.25) is 0 Å². The van der Waals surface area contributed by atoms with E-state index in [4.69, 9.17) is 9.84 Å². The molecule has 0 radical (unpaired) electrons. The van der Waals surface area contributed by atoms with Crippen molar-refractivity contribution in [2.75, 3.05) is 13.7 Å². The number of aliphatic hydroxyl groups is 1. The maximum Gasteiger partial charge on any atom is 0.121 e. The molecule has 2 N–H and O–H groups in total. The Labute approximate surface area is 107 Å². The summed E-state index contributed by atoms with van der Waals surface area (Å²) in [5.41, 5.74) is 4.10. The Morgan fingerprint density at radius 2 is 2.11 bits per heavy atom. The molecule has 96 valence electrons. The molecule has 0 atom stereocenters. The molecule has 0 spiro atoms. The first-order valence-corrected chi connectivity index (χ1v) is 5.97. The van der Waals surface area contributed by atoms with E-state index in [1.165, 1.54) is 0 Å². The molecule has 2 aromatic rings. The van der Waals surface area contributed by atoms with Crippen LogP contribution in [0.3, 0.4) is 0 Å². The fraction of sp³-hybridized carbons (Fsp3) is 0.357. The maximum absolute atomic E-state index is 8.93. The molecule has 4 heteroatoms. The Kier molecular flexibility index (Phi) is 3.67. The van der Waals surface area contributed by atoms with Gasteiger partial charge in [0.1, 0.15) is 11.6 Å². The van der Waals surface area contributed by atoms with E-state index in [0.717, 1.165) is 34.1 Å². The summed E-state index contributed by atoms with van der Waals surface area (Å²) >= 11 is 0. The van der Waals surface area contributed by atoms with Crippen LogP contribution in [0.25, 0.3) is 11.3 Å². The van der Waals surface area contributed by atoms with Gasteiger partial charge in [0, 0.05) is 17.7 Å². The monoisotopic (exact) mass is 246 g/mol. The number of ether oxygens (including phenoxy) is 1. The number of aliphatic hydroxyl groups excluding tert-OH is 1. The minimum Gasteiger partial charge on any atom is -0.496 e. The highest BCUT2D eigenvalue weighted by molar-refractivity contribution is 5.64. The number of aryl methyl sites for hydroxylation is 2. The lowest BCUT2D eigenvalue weighted by molar-refractivity contribution is 0.297. The number of aromatic amines is 1. The van der Waals surface area contributed by atoms with Crippen molar-refractivity contribution in [3.05, 3.63) is 35.3 Å². The summed E-state index contributed by atoms with van der Waals surface area (Å²) in [4.78, 5) is 7.70. The maximum atomic E-state index is 8.93. The van der Waals surface area contributed by atoms with Gasteiger partial charge in [0.05, 0.1) is 19.4 Å². The van der Waals surface area contributed by atoms with Crippen LogP contribution in [0.15, 0.2) is 18.2 Å². The van der Waals surface area contributed by atoms with Gasteiger partial charge < -0.3 is 14.8 Å². The average molecular weight is 246 g/mol. The molecular formula is C14H18N2O2. The summed E-state index contributed by atoms with van der Waals surface area (Å²) in [6.07, 6.45) is 0.552. The van der Waals surface area contributed by atoms with E-state index < -0.39 is 0 Å². The summed E-state index contributed by atoms with van der Waals surface area (Å²) in [6, 6.07) is 6.01. The van der Waals surface area contributed by atoms with E-state index in [-0.39, 0.29) is 6.61 Å². The Morgan fingerprint density at radius 3 is 2.72 bits per heavy atom. The van der Waals surface area contributed by atoms with E-state index in [0.29, 0.717) is 6.42 Å². The third-order valence-corrected chi connectivity index (χ3v) is 2.95. The number of rotatable bonds is 4. The second kappa shape index (κ2) is 5.23. The standard InChI is InChI=1S/C14H18N2O2/c1-9-8-11(4-5-12(9)18-3)14-10(2)15-13(16-14)6-7-17/h4-5,8,17H,6-7H2,1-3H3,(H,15,16). The van der Waals surface area contributed by atoms with Crippen molar-refractivity contribution in [1.82, 2.24) is 9.97 Å². The minimum atomic E-state index is 0.105. The van der Waals surface area contributed by atoms with Gasteiger partial charge in [-0.2, -0.15) is 0 Å². The van der Waals surface area contributed by atoms with Crippen molar-refractivity contribution < 1.29 is 9.84 Å². The molecule has 0 amide bonds. The molecule has 4 nitrogen and oxygen atoms in total. The molecule has 1 aromatic carbocycles. The van der Waals surface area contributed by atoms with Crippen LogP contribution in [0.5, 0.6) is 5.75 Å². The van der Waals surface area contributed by atoms with Crippen molar-refractivity contribution in [3.63, 3.8) is 0 Å². The molecule has 0 aliphatic heterocycles. The van der Waals surface area contributed by atoms with Gasteiger partial charge in [-0.1, -0.05) is 0 Å². The molecule has 0 saturated carbocycles. The summed E-state index contributed by atoms with van der Waals surface area (Å²) in [7, 11) is 1.67. The Morgan fingerprint density at radius 1 is 1.33 bits per heavy atom. The number of benzene rings is 1. The largest absolute Gasteiger partial charge is 0.496 e. The molecular weight excluding hydrogens is 228 g/mol. The number of nitrogens with one attached hydrogen (secondary N) is 1. The molecule has 0 unspecified atom stereocenters. The number of nitrogens with zero attached hydrogens (tertiary/aromatic N) is 1. The van der Waals surface area contributed by atoms with Gasteiger partial charge >= 0.3 is 0 Å². The normalized spacial score (nSPS) is 10.7. The molecule has 0 fully saturated rings. The second-order valence-corrected chi connectivity index (χ2v) is 4.32. The third-order valence-electron chi connectivity index (χ3n) is 2.95. The Hall–Kier alpha value is -1.81. The van der Waals surface area contributed by atoms with Crippen molar-refractivity contribution in [1.29, 1.82) is 0 Å². The van der Waals surface area contributed by atoms with Gasteiger partial charge in [-0.3, -0.25) is 0 Å². The van der Waals surface area contributed by atoms with E-state index in [1.54, 1.807) is 7.11 Å². The zero-order valence-electron chi connectivity index (χ0n) is 10.9. The van der Waals surface area contributed by atoms with Gasteiger partial charge in [-0.05, 0) is 37.6 Å². The fourth-order valence-electron chi connectivity index (χ4n) is 2.05. The lowest BCUT2D eigenvalue weighted by Crippen LogP contribution is -1.92. The summed E-state index contributed by atoms with van der Waals surface area (Å²) in [6.45, 7) is 4.11. The van der Waals surface area contributed by atoms with Crippen molar-refractivity contribution in [2.45, 2.75) is 20.3 Å². The highest BCUT2D eigenvalue weighted by atomic mass is 16.5. The molecule has 2 rings (SSSR count). The SMILES string of the molecule is COc1ccc(-c2nc(CCO)[nH]c2C)cc1C. The Balaban J connectivity index is 2.39. The van der Waals surface area contributed by atoms with E-state index in [2.05, 4.69) is 16.0 Å². The lowest BCUT2D eigenvalue weighted by atomic mass is 10.1. The molecule has 1 aromatic heterocycles. The van der Waals surface area contributed by atoms with Crippen molar-refractivity contribution >= 4 is 0 Å². The van der Waals surface area contributed by atoms with Crippen LogP contribution >= 0.6 is 0 Å². The van der Waals surface area contributed by atoms with Crippen LogP contribution in [-0.4, -0.2) is 28.8 Å². The molecule has 0 aliphatic carbocycles. The number of methoxy groups -OCH3 is 1. The van der Waals surface area contributed by atoms with Crippen LogP contribution in [0.1, 0.15) is 17.1 Å². The highest BCUT2D eigenvalue weighted by Gasteiger charge is 2.10. The molecule has 0 saturated heterocycles. The van der Waals surface area contributed by atoms with Crippen LogP contribution in [0, 0.1) is 13.8 Å². The van der Waals surface area contributed by atoms with Crippen LogP contribution in [-0.2, 0) is 6.42 Å². The van der Waals surface area contributed by atoms with E-state index >= 15 is 0 Å². The predicted molar refractivity (Wildman–Crippen MR) is 70.8 cm³/mol. The van der Waals surface area contributed by atoms with Crippen molar-refractivity contribution in [2.24, 2.45) is 0 Å². The quantitative estimate of drug-likeness (QED) is 0.869. The minimum absolute atomic E-state index is 0.105. The van der Waals surface area contributed by atoms with Gasteiger partial charge in [0.2, 0.25) is 0 Å². The topological polar surface area (TPSA) is 58.1 Å². The van der Waals surface area contributed by atoms with Crippen molar-refractivity contribution in [3.8, 4) is 17.0 Å². The van der Waals surface area contributed by atoms with Gasteiger partial charge in [0.25, 0.3) is 0 Å². The molecule has 0 bridgehead atoms. The van der Waals surface area contributed by atoms with E-state index in [9.17, 15) is 0 Å². The highest BCUT2D eigenvalue weighted by Crippen LogP contribution is 2.26. The first-order valence-electron chi connectivity index (χ1n) is 5.97. The number of H-pyrrole nitrogens is 1. The van der Waals surface area contributed by atoms with Gasteiger partial charge in [0.15, 0.2) is 0 Å². The summed E-state index contributed by atoms with van der Waals surface area (Å²) < 4.78 is 5.25. The van der Waals surface area contributed by atoms with Gasteiger partial charge in [-0.15, -0.1) is 0 Å². The molecule has 18 heavy (non-hydrogen) atoms.